The molecule has 0 amide bonds. The molecule has 2 aromatic carbocycles. The van der Waals surface area contributed by atoms with Gasteiger partial charge in [0, 0.05) is 0 Å². The van der Waals surface area contributed by atoms with Crippen LogP contribution in [-0.4, -0.2) is 12.6 Å². The van der Waals surface area contributed by atoms with Crippen molar-refractivity contribution in [3.8, 4) is 0 Å². The molecule has 0 aliphatic carbocycles. The zero-order valence-electron chi connectivity index (χ0n) is 12.0. The predicted octanol–water partition coefficient (Wildman–Crippen LogP) is 4.31. The normalized spacial score (nSPS) is 11.6. The molecule has 0 saturated carbocycles. The van der Waals surface area contributed by atoms with Crippen LogP contribution in [0.25, 0.3) is 10.8 Å². The molecule has 0 fully saturated rings. The first-order valence-electron chi connectivity index (χ1n) is 6.64. The molecule has 0 spiro atoms. The van der Waals surface area contributed by atoms with E-state index in [0.29, 0.717) is 12.2 Å². The van der Waals surface area contributed by atoms with Gasteiger partial charge < -0.3 is 4.74 Å². The van der Waals surface area contributed by atoms with Gasteiger partial charge in [-0.05, 0) is 34.7 Å². The first-order chi connectivity index (χ1) is 8.95. The average molecular weight is 256 g/mol. The van der Waals surface area contributed by atoms with Crippen molar-refractivity contribution in [1.82, 2.24) is 0 Å². The Kier molecular flexibility index (Phi) is 3.61. The summed E-state index contributed by atoms with van der Waals surface area (Å²) in [5, 5.41) is 2.09. The van der Waals surface area contributed by atoms with E-state index in [1.807, 2.05) is 37.3 Å². The Morgan fingerprint density at radius 1 is 1.05 bits per heavy atom. The molecule has 2 aromatic rings. The second kappa shape index (κ2) is 5.04. The van der Waals surface area contributed by atoms with Gasteiger partial charge >= 0.3 is 5.97 Å². The summed E-state index contributed by atoms with van der Waals surface area (Å²) in [6.45, 7) is 8.76. The molecule has 0 N–H and O–H groups in total. The van der Waals surface area contributed by atoms with Crippen molar-refractivity contribution in [2.75, 3.05) is 6.61 Å². The van der Waals surface area contributed by atoms with Crippen molar-refractivity contribution in [2.24, 2.45) is 0 Å². The Morgan fingerprint density at radius 3 is 2.26 bits per heavy atom. The summed E-state index contributed by atoms with van der Waals surface area (Å²) in [4.78, 5) is 12.0. The molecule has 0 heterocycles. The van der Waals surface area contributed by atoms with Crippen LogP contribution in [0.15, 0.2) is 36.4 Å². The molecule has 0 unspecified atom stereocenters. The first kappa shape index (κ1) is 13.6. The second-order valence-electron chi connectivity index (χ2n) is 5.68. The number of hydrogen-bond donors (Lipinski definition) is 0. The first-order valence-corrected chi connectivity index (χ1v) is 6.64. The fourth-order valence-electron chi connectivity index (χ4n) is 2.34. The average Bonchev–Trinajstić information content (AvgIpc) is 2.36. The number of carbonyl (C=O) groups excluding carboxylic acids is 1. The molecule has 0 aromatic heterocycles. The van der Waals surface area contributed by atoms with Gasteiger partial charge in [-0.15, -0.1) is 0 Å². The molecule has 0 bridgehead atoms. The molecule has 2 heteroatoms. The predicted molar refractivity (Wildman–Crippen MR) is 78.6 cm³/mol. The molecule has 2 nitrogen and oxygen atoms in total. The van der Waals surface area contributed by atoms with Gasteiger partial charge in [-0.2, -0.15) is 0 Å². The zero-order valence-corrected chi connectivity index (χ0v) is 12.0. The topological polar surface area (TPSA) is 26.3 Å². The van der Waals surface area contributed by atoms with Gasteiger partial charge in [-0.3, -0.25) is 0 Å². The Balaban J connectivity index is 2.69. The molecule has 0 aliphatic heterocycles. The standard InChI is InChI=1S/C17H20O2/c1-5-19-16(18)14-10-11-15(17(2,3)4)13-9-7-6-8-12(13)14/h6-11H,5H2,1-4H3. The molecular formula is C17H20O2. The van der Waals surface area contributed by atoms with Crippen LogP contribution in [0.3, 0.4) is 0 Å². The molecule has 2 rings (SSSR count). The highest BCUT2D eigenvalue weighted by Gasteiger charge is 2.20. The molecule has 0 atom stereocenters. The van der Waals surface area contributed by atoms with E-state index in [0.717, 1.165) is 10.8 Å². The third-order valence-corrected chi connectivity index (χ3v) is 3.23. The fraction of sp³-hybridized carbons (Fsp3) is 0.353. The summed E-state index contributed by atoms with van der Waals surface area (Å²) in [5.74, 6) is -0.251. The maximum Gasteiger partial charge on any atom is 0.338 e. The van der Waals surface area contributed by atoms with Crippen LogP contribution in [0.1, 0.15) is 43.6 Å². The van der Waals surface area contributed by atoms with E-state index < -0.39 is 0 Å². The van der Waals surface area contributed by atoms with Gasteiger partial charge in [-0.1, -0.05) is 51.1 Å². The lowest BCUT2D eigenvalue weighted by atomic mass is 9.83. The van der Waals surface area contributed by atoms with E-state index in [1.54, 1.807) is 0 Å². The van der Waals surface area contributed by atoms with E-state index in [4.69, 9.17) is 4.74 Å². The number of hydrogen-bond acceptors (Lipinski definition) is 2. The Morgan fingerprint density at radius 2 is 1.68 bits per heavy atom. The van der Waals surface area contributed by atoms with Crippen LogP contribution in [-0.2, 0) is 10.2 Å². The Bertz CT molecular complexity index is 606. The summed E-state index contributed by atoms with van der Waals surface area (Å²) in [6, 6.07) is 11.9. The van der Waals surface area contributed by atoms with Crippen molar-refractivity contribution < 1.29 is 9.53 Å². The maximum absolute atomic E-state index is 12.0. The van der Waals surface area contributed by atoms with E-state index in [1.165, 1.54) is 5.56 Å². The summed E-state index contributed by atoms with van der Waals surface area (Å²) in [7, 11) is 0. The van der Waals surface area contributed by atoms with Crippen molar-refractivity contribution in [2.45, 2.75) is 33.1 Å². The lowest BCUT2D eigenvalue weighted by Gasteiger charge is -2.22. The number of rotatable bonds is 2. The molecule has 0 saturated heterocycles. The van der Waals surface area contributed by atoms with Crippen LogP contribution >= 0.6 is 0 Å². The summed E-state index contributed by atoms with van der Waals surface area (Å²) in [5.41, 5.74) is 1.94. The van der Waals surface area contributed by atoms with Crippen molar-refractivity contribution in [3.63, 3.8) is 0 Å². The Hall–Kier alpha value is -1.83. The quantitative estimate of drug-likeness (QED) is 0.748. The van der Waals surface area contributed by atoms with Crippen LogP contribution in [0.2, 0.25) is 0 Å². The van der Waals surface area contributed by atoms with Crippen molar-refractivity contribution >= 4 is 16.7 Å². The molecule has 100 valence electrons. The summed E-state index contributed by atoms with van der Waals surface area (Å²) < 4.78 is 5.12. The lowest BCUT2D eigenvalue weighted by molar-refractivity contribution is 0.0528. The number of ether oxygens (including phenoxy) is 1. The minimum Gasteiger partial charge on any atom is -0.462 e. The van der Waals surface area contributed by atoms with Gasteiger partial charge in [0.25, 0.3) is 0 Å². The van der Waals surface area contributed by atoms with E-state index in [-0.39, 0.29) is 11.4 Å². The van der Waals surface area contributed by atoms with Crippen LogP contribution in [0.4, 0.5) is 0 Å². The van der Waals surface area contributed by atoms with Gasteiger partial charge in [0.1, 0.15) is 0 Å². The Labute approximate surface area is 114 Å². The minimum absolute atomic E-state index is 0.0484. The van der Waals surface area contributed by atoms with Gasteiger partial charge in [0.15, 0.2) is 0 Å². The van der Waals surface area contributed by atoms with Gasteiger partial charge in [0.05, 0.1) is 12.2 Å². The monoisotopic (exact) mass is 256 g/mol. The molecule has 0 radical (unpaired) electrons. The van der Waals surface area contributed by atoms with E-state index >= 15 is 0 Å². The lowest BCUT2D eigenvalue weighted by Crippen LogP contribution is -2.13. The highest BCUT2D eigenvalue weighted by atomic mass is 16.5. The largest absolute Gasteiger partial charge is 0.462 e. The van der Waals surface area contributed by atoms with Crippen LogP contribution < -0.4 is 0 Å². The third-order valence-electron chi connectivity index (χ3n) is 3.23. The summed E-state index contributed by atoms with van der Waals surface area (Å²) in [6.07, 6.45) is 0. The number of benzene rings is 2. The zero-order chi connectivity index (χ0) is 14.0. The number of esters is 1. The highest BCUT2D eigenvalue weighted by Crippen LogP contribution is 2.32. The van der Waals surface area contributed by atoms with Gasteiger partial charge in [0.2, 0.25) is 0 Å². The van der Waals surface area contributed by atoms with Gasteiger partial charge in [-0.25, -0.2) is 4.79 Å². The number of carbonyl (C=O) groups is 1. The van der Waals surface area contributed by atoms with E-state index in [9.17, 15) is 4.79 Å². The SMILES string of the molecule is CCOC(=O)c1ccc(C(C)(C)C)c2ccccc12. The molecule has 0 aliphatic rings. The maximum atomic E-state index is 12.0. The fourth-order valence-corrected chi connectivity index (χ4v) is 2.34. The molecule has 19 heavy (non-hydrogen) atoms. The van der Waals surface area contributed by atoms with Crippen LogP contribution in [0.5, 0.6) is 0 Å². The van der Waals surface area contributed by atoms with E-state index in [2.05, 4.69) is 26.8 Å². The molecular weight excluding hydrogens is 236 g/mol. The van der Waals surface area contributed by atoms with Crippen molar-refractivity contribution in [1.29, 1.82) is 0 Å². The smallest absolute Gasteiger partial charge is 0.338 e. The summed E-state index contributed by atoms with van der Waals surface area (Å²) >= 11 is 0. The third kappa shape index (κ3) is 2.62. The van der Waals surface area contributed by atoms with Crippen molar-refractivity contribution in [3.05, 3.63) is 47.5 Å². The number of fused-ring (bicyclic) bond motifs is 1. The highest BCUT2D eigenvalue weighted by molar-refractivity contribution is 6.05. The minimum atomic E-state index is -0.251. The second-order valence-corrected chi connectivity index (χ2v) is 5.68. The van der Waals surface area contributed by atoms with Crippen LogP contribution in [0, 0.1) is 0 Å².